The summed E-state index contributed by atoms with van der Waals surface area (Å²) < 4.78 is 0. The van der Waals surface area contributed by atoms with Gasteiger partial charge in [-0.1, -0.05) is 47.1 Å². The maximum Gasteiger partial charge on any atom is 0.227 e. The molecule has 4 heteroatoms. The fourth-order valence-electron chi connectivity index (χ4n) is 2.84. The highest BCUT2D eigenvalue weighted by molar-refractivity contribution is 6.17. The van der Waals surface area contributed by atoms with Crippen molar-refractivity contribution in [1.29, 1.82) is 0 Å². The number of amides is 1. The van der Waals surface area contributed by atoms with Crippen LogP contribution in [0.2, 0.25) is 0 Å². The van der Waals surface area contributed by atoms with Crippen LogP contribution < -0.4 is 4.90 Å². The smallest absolute Gasteiger partial charge is 0.227 e. The molecule has 0 spiro atoms. The van der Waals surface area contributed by atoms with Crippen molar-refractivity contribution in [2.24, 2.45) is 5.16 Å². The third kappa shape index (κ3) is 2.60. The summed E-state index contributed by atoms with van der Waals surface area (Å²) >= 11 is 0. The molecular formula is C18H18N2O2. The van der Waals surface area contributed by atoms with Crippen LogP contribution in [0.25, 0.3) is 0 Å². The number of hydrogen-bond donors (Lipinski definition) is 1. The minimum Gasteiger partial charge on any atom is -0.410 e. The third-order valence-corrected chi connectivity index (χ3v) is 3.92. The number of carbonyl (C=O) groups is 1. The number of hydrogen-bond acceptors (Lipinski definition) is 3. The zero-order chi connectivity index (χ0) is 15.5. The highest BCUT2D eigenvalue weighted by Gasteiger charge is 2.25. The maximum atomic E-state index is 12.1. The summed E-state index contributed by atoms with van der Waals surface area (Å²) in [5.41, 5.74) is 3.96. The lowest BCUT2D eigenvalue weighted by Gasteiger charge is -2.21. The van der Waals surface area contributed by atoms with E-state index in [2.05, 4.69) is 5.16 Å². The monoisotopic (exact) mass is 294 g/mol. The molecule has 3 rings (SSSR count). The number of rotatable bonds is 3. The zero-order valence-electron chi connectivity index (χ0n) is 12.5. The molecule has 22 heavy (non-hydrogen) atoms. The van der Waals surface area contributed by atoms with E-state index in [1.807, 2.05) is 55.5 Å². The topological polar surface area (TPSA) is 52.9 Å². The summed E-state index contributed by atoms with van der Waals surface area (Å²) in [6.45, 7) is 2.70. The molecule has 1 heterocycles. The Hall–Kier alpha value is -2.62. The lowest BCUT2D eigenvalue weighted by molar-refractivity contribution is -0.117. The summed E-state index contributed by atoms with van der Waals surface area (Å²) in [6.07, 6.45) is 1.44. The fraction of sp³-hybridized carbons (Fsp3) is 0.222. The van der Waals surface area contributed by atoms with E-state index in [0.29, 0.717) is 18.7 Å². The minimum absolute atomic E-state index is 0.121. The predicted molar refractivity (Wildman–Crippen MR) is 86.6 cm³/mol. The van der Waals surface area contributed by atoms with Gasteiger partial charge in [-0.15, -0.1) is 0 Å². The SMILES string of the molecule is Cc1ccc(N2CCCC2=O)c(/C(=N\O)c2ccccc2)c1. The van der Waals surface area contributed by atoms with E-state index in [-0.39, 0.29) is 5.91 Å². The third-order valence-electron chi connectivity index (χ3n) is 3.92. The highest BCUT2D eigenvalue weighted by atomic mass is 16.4. The van der Waals surface area contributed by atoms with E-state index in [0.717, 1.165) is 28.8 Å². The van der Waals surface area contributed by atoms with Crippen LogP contribution >= 0.6 is 0 Å². The second-order valence-corrected chi connectivity index (χ2v) is 5.48. The van der Waals surface area contributed by atoms with Gasteiger partial charge in [0, 0.05) is 24.1 Å². The number of anilines is 1. The van der Waals surface area contributed by atoms with Crippen LogP contribution in [0.15, 0.2) is 53.7 Å². The molecule has 0 saturated carbocycles. The van der Waals surface area contributed by atoms with Gasteiger partial charge in [-0.3, -0.25) is 4.79 Å². The van der Waals surface area contributed by atoms with Gasteiger partial charge in [0.05, 0.1) is 5.69 Å². The Bertz CT molecular complexity index is 723. The maximum absolute atomic E-state index is 12.1. The molecule has 1 fully saturated rings. The van der Waals surface area contributed by atoms with Crippen molar-refractivity contribution >= 4 is 17.3 Å². The number of benzene rings is 2. The van der Waals surface area contributed by atoms with Crippen molar-refractivity contribution in [2.75, 3.05) is 11.4 Å². The van der Waals surface area contributed by atoms with Gasteiger partial charge >= 0.3 is 0 Å². The molecule has 1 aliphatic heterocycles. The second kappa shape index (κ2) is 6.02. The largest absolute Gasteiger partial charge is 0.410 e. The Morgan fingerprint density at radius 2 is 1.95 bits per heavy atom. The van der Waals surface area contributed by atoms with Crippen LogP contribution in [-0.4, -0.2) is 23.4 Å². The summed E-state index contributed by atoms with van der Waals surface area (Å²) in [4.78, 5) is 13.9. The molecular weight excluding hydrogens is 276 g/mol. The summed E-state index contributed by atoms with van der Waals surface area (Å²) in [7, 11) is 0. The van der Waals surface area contributed by atoms with E-state index in [9.17, 15) is 10.0 Å². The zero-order valence-corrected chi connectivity index (χ0v) is 12.5. The quantitative estimate of drug-likeness (QED) is 0.536. The van der Waals surface area contributed by atoms with Gasteiger partial charge in [-0.05, 0) is 25.5 Å². The van der Waals surface area contributed by atoms with Crippen molar-refractivity contribution < 1.29 is 10.0 Å². The van der Waals surface area contributed by atoms with Crippen LogP contribution in [0.5, 0.6) is 0 Å². The molecule has 2 aromatic carbocycles. The van der Waals surface area contributed by atoms with Gasteiger partial charge in [0.1, 0.15) is 5.71 Å². The Balaban J connectivity index is 2.13. The van der Waals surface area contributed by atoms with E-state index in [1.165, 1.54) is 0 Å². The van der Waals surface area contributed by atoms with E-state index >= 15 is 0 Å². The number of carbonyl (C=O) groups excluding carboxylic acids is 1. The first-order chi connectivity index (χ1) is 10.7. The van der Waals surface area contributed by atoms with E-state index < -0.39 is 0 Å². The Morgan fingerprint density at radius 1 is 1.18 bits per heavy atom. The van der Waals surface area contributed by atoms with Crippen LogP contribution in [0, 0.1) is 6.92 Å². The summed E-state index contributed by atoms with van der Waals surface area (Å²) in [5.74, 6) is 0.121. The molecule has 0 atom stereocenters. The second-order valence-electron chi connectivity index (χ2n) is 5.48. The molecule has 1 amide bonds. The molecule has 0 unspecified atom stereocenters. The molecule has 1 N–H and O–H groups in total. The van der Waals surface area contributed by atoms with Gasteiger partial charge in [0.15, 0.2) is 0 Å². The average Bonchev–Trinajstić information content (AvgIpc) is 2.95. The Labute approximate surface area is 129 Å². The van der Waals surface area contributed by atoms with Crippen molar-refractivity contribution in [2.45, 2.75) is 19.8 Å². The normalized spacial score (nSPS) is 15.4. The highest BCUT2D eigenvalue weighted by Crippen LogP contribution is 2.28. The Morgan fingerprint density at radius 3 is 2.59 bits per heavy atom. The molecule has 0 aliphatic carbocycles. The molecule has 1 saturated heterocycles. The first-order valence-electron chi connectivity index (χ1n) is 7.39. The first-order valence-corrected chi connectivity index (χ1v) is 7.39. The number of aryl methyl sites for hydroxylation is 1. The molecule has 1 aliphatic rings. The molecule has 0 aromatic heterocycles. The van der Waals surface area contributed by atoms with Crippen molar-refractivity contribution in [1.82, 2.24) is 0 Å². The van der Waals surface area contributed by atoms with E-state index in [1.54, 1.807) is 4.90 Å². The molecule has 112 valence electrons. The van der Waals surface area contributed by atoms with Crippen LogP contribution in [0.4, 0.5) is 5.69 Å². The van der Waals surface area contributed by atoms with Crippen LogP contribution in [0.3, 0.4) is 0 Å². The molecule has 4 nitrogen and oxygen atoms in total. The molecule has 2 aromatic rings. The number of oxime groups is 1. The van der Waals surface area contributed by atoms with E-state index in [4.69, 9.17) is 0 Å². The van der Waals surface area contributed by atoms with Crippen molar-refractivity contribution in [3.8, 4) is 0 Å². The number of nitrogens with zero attached hydrogens (tertiary/aromatic N) is 2. The lowest BCUT2D eigenvalue weighted by Crippen LogP contribution is -2.26. The van der Waals surface area contributed by atoms with Crippen LogP contribution in [-0.2, 0) is 4.79 Å². The standard InChI is InChI=1S/C18H18N2O2/c1-13-9-10-16(20-11-5-8-17(20)21)15(12-13)18(19-22)14-6-3-2-4-7-14/h2-4,6-7,9-10,12,22H,5,8,11H2,1H3/b19-18-. The first kappa shape index (κ1) is 14.3. The van der Waals surface area contributed by atoms with Gasteiger partial charge < -0.3 is 10.1 Å². The molecule has 0 radical (unpaired) electrons. The fourth-order valence-corrected chi connectivity index (χ4v) is 2.84. The average molecular weight is 294 g/mol. The summed E-state index contributed by atoms with van der Waals surface area (Å²) in [5, 5.41) is 13.0. The van der Waals surface area contributed by atoms with Gasteiger partial charge in [0.25, 0.3) is 0 Å². The molecule has 0 bridgehead atoms. The van der Waals surface area contributed by atoms with Gasteiger partial charge in [0.2, 0.25) is 5.91 Å². The minimum atomic E-state index is 0.121. The lowest BCUT2D eigenvalue weighted by atomic mass is 9.98. The van der Waals surface area contributed by atoms with Gasteiger partial charge in [-0.2, -0.15) is 0 Å². The Kier molecular flexibility index (Phi) is 3.92. The van der Waals surface area contributed by atoms with Crippen LogP contribution in [0.1, 0.15) is 29.5 Å². The summed E-state index contributed by atoms with van der Waals surface area (Å²) in [6, 6.07) is 15.4. The van der Waals surface area contributed by atoms with Crippen molar-refractivity contribution in [3.63, 3.8) is 0 Å². The van der Waals surface area contributed by atoms with Gasteiger partial charge in [-0.25, -0.2) is 0 Å². The predicted octanol–water partition coefficient (Wildman–Crippen LogP) is 3.35. The van der Waals surface area contributed by atoms with Crippen molar-refractivity contribution in [3.05, 3.63) is 65.2 Å².